The van der Waals surface area contributed by atoms with Gasteiger partial charge in [0, 0.05) is 0 Å². The lowest BCUT2D eigenvalue weighted by molar-refractivity contribution is -0.0786. The van der Waals surface area contributed by atoms with Gasteiger partial charge in [0.25, 0.3) is 0 Å². The summed E-state index contributed by atoms with van der Waals surface area (Å²) in [5, 5.41) is 17.9. The summed E-state index contributed by atoms with van der Waals surface area (Å²) in [6.45, 7) is 7.17. The highest BCUT2D eigenvalue weighted by Gasteiger charge is 2.34. The highest BCUT2D eigenvalue weighted by molar-refractivity contribution is 6.78. The molecule has 0 atom stereocenters. The molecule has 0 aliphatic rings. The minimum absolute atomic E-state index is 1.42. The number of hydrogen-bond donors (Lipinski definition) is 2. The molecule has 0 amide bonds. The van der Waals surface area contributed by atoms with E-state index in [0.29, 0.717) is 0 Å². The summed E-state index contributed by atoms with van der Waals surface area (Å²) in [6.07, 6.45) is 0. The summed E-state index contributed by atoms with van der Waals surface area (Å²) in [4.78, 5) is 0. The molecule has 0 aliphatic carbocycles. The topological polar surface area (TPSA) is 40.5 Å². The van der Waals surface area contributed by atoms with Crippen LogP contribution in [0.2, 0.25) is 19.6 Å². The lowest BCUT2D eigenvalue weighted by Gasteiger charge is -2.29. The van der Waals surface area contributed by atoms with Crippen molar-refractivity contribution >= 4 is 8.07 Å². The second kappa shape index (κ2) is 1.82. The van der Waals surface area contributed by atoms with Gasteiger partial charge in [0.2, 0.25) is 0 Å². The van der Waals surface area contributed by atoms with Crippen LogP contribution in [0.25, 0.3) is 0 Å². The molecule has 0 saturated heterocycles. The van der Waals surface area contributed by atoms with Gasteiger partial charge in [-0.2, -0.15) is 0 Å². The van der Waals surface area contributed by atoms with Crippen LogP contribution in [0.15, 0.2) is 0 Å². The van der Waals surface area contributed by atoms with Gasteiger partial charge < -0.3 is 10.2 Å². The maximum absolute atomic E-state index is 8.97. The Labute approximate surface area is 51.2 Å². The number of aliphatic hydroxyl groups is 2. The van der Waals surface area contributed by atoms with E-state index in [0.717, 1.165) is 0 Å². The van der Waals surface area contributed by atoms with Crippen LogP contribution in [0, 0.1) is 0 Å². The van der Waals surface area contributed by atoms with Crippen molar-refractivity contribution in [2.24, 2.45) is 0 Å². The smallest absolute Gasteiger partial charge is 0.142 e. The van der Waals surface area contributed by atoms with Gasteiger partial charge in [-0.05, 0) is 6.92 Å². The first-order chi connectivity index (χ1) is 3.25. The summed E-state index contributed by atoms with van der Waals surface area (Å²) < 4.78 is 0. The van der Waals surface area contributed by atoms with Crippen LogP contribution >= 0.6 is 0 Å². The van der Waals surface area contributed by atoms with Gasteiger partial charge in [-0.3, -0.25) is 0 Å². The summed E-state index contributed by atoms with van der Waals surface area (Å²) in [5.41, 5.74) is -1.42. The monoisotopic (exact) mass is 134 g/mol. The summed E-state index contributed by atoms with van der Waals surface area (Å²) in [6, 6.07) is 0. The third-order valence-corrected chi connectivity index (χ3v) is 4.26. The molecule has 0 heterocycles. The normalized spacial score (nSPS) is 14.2. The molecule has 0 aromatic carbocycles. The summed E-state index contributed by atoms with van der Waals surface area (Å²) in [5.74, 6) is 0. The van der Waals surface area contributed by atoms with Crippen molar-refractivity contribution in [1.29, 1.82) is 0 Å². The minimum Gasteiger partial charge on any atom is -0.369 e. The first-order valence-electron chi connectivity index (χ1n) is 2.70. The van der Waals surface area contributed by atoms with E-state index in [1.54, 1.807) is 0 Å². The Bertz CT molecular complexity index is 65.4. The van der Waals surface area contributed by atoms with Crippen LogP contribution in [0.3, 0.4) is 0 Å². The fraction of sp³-hybridized carbons (Fsp3) is 1.00. The van der Waals surface area contributed by atoms with E-state index in [1.165, 1.54) is 6.92 Å². The molecule has 0 saturated carbocycles. The van der Waals surface area contributed by atoms with E-state index in [2.05, 4.69) is 0 Å². The molecular formula is C5H14O2Si. The molecule has 0 spiro atoms. The Balaban J connectivity index is 4.02. The molecular weight excluding hydrogens is 120 g/mol. The zero-order chi connectivity index (χ0) is 7.00. The van der Waals surface area contributed by atoms with Crippen molar-refractivity contribution in [3.05, 3.63) is 0 Å². The number of rotatable bonds is 1. The predicted octanol–water partition coefficient (Wildman–Crippen LogP) is 0.565. The lowest BCUT2D eigenvalue weighted by Crippen LogP contribution is -2.49. The number of hydrogen-bond acceptors (Lipinski definition) is 2. The van der Waals surface area contributed by atoms with E-state index in [-0.39, 0.29) is 0 Å². The second-order valence-electron chi connectivity index (χ2n) is 3.27. The van der Waals surface area contributed by atoms with E-state index in [9.17, 15) is 0 Å². The zero-order valence-electron chi connectivity index (χ0n) is 5.89. The molecule has 0 fully saturated rings. The predicted molar refractivity (Wildman–Crippen MR) is 36.2 cm³/mol. The molecule has 50 valence electrons. The molecule has 0 unspecified atom stereocenters. The van der Waals surface area contributed by atoms with Gasteiger partial charge >= 0.3 is 0 Å². The first-order valence-corrected chi connectivity index (χ1v) is 6.20. The highest BCUT2D eigenvalue weighted by atomic mass is 28.3. The minimum atomic E-state index is -1.75. The average molecular weight is 134 g/mol. The third kappa shape index (κ3) is 1.94. The molecule has 3 heteroatoms. The van der Waals surface area contributed by atoms with Crippen LogP contribution in [0.1, 0.15) is 6.92 Å². The highest BCUT2D eigenvalue weighted by Crippen LogP contribution is 2.15. The standard InChI is InChI=1S/C5H14O2Si/c1-5(6,7)8(2,3)4/h6-7H,1-4H3. The molecule has 0 bridgehead atoms. The van der Waals surface area contributed by atoms with Crippen LogP contribution < -0.4 is 0 Å². The van der Waals surface area contributed by atoms with Gasteiger partial charge in [0.15, 0.2) is 0 Å². The van der Waals surface area contributed by atoms with Crippen molar-refractivity contribution in [2.45, 2.75) is 32.0 Å². The van der Waals surface area contributed by atoms with Crippen LogP contribution in [-0.2, 0) is 0 Å². The van der Waals surface area contributed by atoms with Gasteiger partial charge in [-0.1, -0.05) is 19.6 Å². The molecule has 0 radical (unpaired) electrons. The Kier molecular flexibility index (Phi) is 1.86. The SMILES string of the molecule is CC(O)(O)[Si](C)(C)C. The van der Waals surface area contributed by atoms with Crippen LogP contribution in [0.5, 0.6) is 0 Å². The van der Waals surface area contributed by atoms with Gasteiger partial charge in [0.1, 0.15) is 13.5 Å². The van der Waals surface area contributed by atoms with E-state index < -0.39 is 13.5 Å². The van der Waals surface area contributed by atoms with Crippen molar-refractivity contribution in [1.82, 2.24) is 0 Å². The van der Waals surface area contributed by atoms with Gasteiger partial charge in [0.05, 0.1) is 0 Å². The quantitative estimate of drug-likeness (QED) is 0.406. The van der Waals surface area contributed by atoms with Crippen LogP contribution in [-0.4, -0.2) is 23.7 Å². The van der Waals surface area contributed by atoms with Crippen molar-refractivity contribution in [2.75, 3.05) is 0 Å². The Morgan fingerprint density at radius 1 is 1.12 bits per heavy atom. The van der Waals surface area contributed by atoms with Gasteiger partial charge in [-0.25, -0.2) is 0 Å². The zero-order valence-corrected chi connectivity index (χ0v) is 6.89. The lowest BCUT2D eigenvalue weighted by atomic mass is 10.8. The largest absolute Gasteiger partial charge is 0.369 e. The maximum atomic E-state index is 8.97. The molecule has 0 aliphatic heterocycles. The van der Waals surface area contributed by atoms with E-state index in [4.69, 9.17) is 10.2 Å². The van der Waals surface area contributed by atoms with E-state index >= 15 is 0 Å². The molecule has 0 aromatic rings. The maximum Gasteiger partial charge on any atom is 0.142 e. The summed E-state index contributed by atoms with van der Waals surface area (Å²) >= 11 is 0. The van der Waals surface area contributed by atoms with Gasteiger partial charge in [-0.15, -0.1) is 0 Å². The van der Waals surface area contributed by atoms with Crippen molar-refractivity contribution in [3.8, 4) is 0 Å². The molecule has 0 aromatic heterocycles. The van der Waals surface area contributed by atoms with E-state index in [1.807, 2.05) is 19.6 Å². The molecule has 0 rings (SSSR count). The second-order valence-corrected chi connectivity index (χ2v) is 8.72. The Morgan fingerprint density at radius 2 is 1.25 bits per heavy atom. The Morgan fingerprint density at radius 3 is 1.25 bits per heavy atom. The Hall–Kier alpha value is 0.137. The first kappa shape index (κ1) is 8.14. The fourth-order valence-corrected chi connectivity index (χ4v) is 0. The fourth-order valence-electron chi connectivity index (χ4n) is 0. The van der Waals surface area contributed by atoms with Crippen molar-refractivity contribution < 1.29 is 10.2 Å². The van der Waals surface area contributed by atoms with Crippen molar-refractivity contribution in [3.63, 3.8) is 0 Å². The average Bonchev–Trinajstić information content (AvgIpc) is 1.25. The molecule has 2 nitrogen and oxygen atoms in total. The van der Waals surface area contributed by atoms with Crippen LogP contribution in [0.4, 0.5) is 0 Å². The summed E-state index contributed by atoms with van der Waals surface area (Å²) in [7, 11) is -1.75. The molecule has 2 N–H and O–H groups in total. The third-order valence-electron chi connectivity index (χ3n) is 1.42. The molecule has 8 heavy (non-hydrogen) atoms.